The number of hydrogen-bond donors (Lipinski definition) is 0. The van der Waals surface area contributed by atoms with Crippen molar-refractivity contribution in [2.75, 3.05) is 0 Å². The molecule has 3 aromatic heterocycles. The van der Waals surface area contributed by atoms with Crippen molar-refractivity contribution in [1.82, 2.24) is 9.97 Å². The number of fused-ring (bicyclic) bond motifs is 3. The van der Waals surface area contributed by atoms with Crippen molar-refractivity contribution in [3.8, 4) is 33.6 Å². The van der Waals surface area contributed by atoms with Crippen LogP contribution in [0.25, 0.3) is 55.6 Å². The minimum Gasteiger partial charge on any atom is 0 e. The Balaban J connectivity index is 0.000000205. The molecule has 0 fully saturated rings. The predicted molar refractivity (Wildman–Crippen MR) is 206 cm³/mol. The van der Waals surface area contributed by atoms with Gasteiger partial charge in [-0.3, -0.25) is 0 Å². The molecule has 0 aliphatic rings. The summed E-state index contributed by atoms with van der Waals surface area (Å²) in [6.45, 7) is 13.1. The molecule has 0 unspecified atom stereocenters. The van der Waals surface area contributed by atoms with Crippen LogP contribution in [0.4, 0.5) is 0 Å². The summed E-state index contributed by atoms with van der Waals surface area (Å²) < 4.78 is 7.85. The number of rotatable bonds is 4. The van der Waals surface area contributed by atoms with E-state index in [1.807, 2.05) is 24.4 Å². The van der Waals surface area contributed by atoms with Crippen LogP contribution in [0.1, 0.15) is 43.0 Å². The average Bonchev–Trinajstić information content (AvgIpc) is 3.43. The van der Waals surface area contributed by atoms with Crippen molar-refractivity contribution in [2.24, 2.45) is 0 Å². The molecular formula is C44H44GeIrN2O-2. The smallest absolute Gasteiger partial charge is 0 e. The molecule has 3 nitrogen and oxygen atoms in total. The van der Waals surface area contributed by atoms with E-state index in [9.17, 15) is 0 Å². The number of benzene rings is 4. The fourth-order valence-corrected chi connectivity index (χ4v) is 9.87. The summed E-state index contributed by atoms with van der Waals surface area (Å²) in [6.07, 6.45) is 3.97. The van der Waals surface area contributed by atoms with Gasteiger partial charge in [0.25, 0.3) is 0 Å². The molecule has 0 aliphatic heterocycles. The Morgan fingerprint density at radius 2 is 1.43 bits per heavy atom. The Kier molecular flexibility index (Phi) is 10.8. The van der Waals surface area contributed by atoms with E-state index >= 15 is 0 Å². The first-order valence-electron chi connectivity index (χ1n) is 16.7. The average molecular weight is 882 g/mol. The topological polar surface area (TPSA) is 38.9 Å². The van der Waals surface area contributed by atoms with E-state index in [2.05, 4.69) is 160 Å². The van der Waals surface area contributed by atoms with Crippen molar-refractivity contribution in [2.45, 2.75) is 64.2 Å². The quantitative estimate of drug-likeness (QED) is 0.131. The summed E-state index contributed by atoms with van der Waals surface area (Å²) in [5.41, 5.74) is 13.2. The van der Waals surface area contributed by atoms with E-state index in [4.69, 9.17) is 4.42 Å². The molecule has 0 amide bonds. The van der Waals surface area contributed by atoms with Crippen LogP contribution in [-0.4, -0.2) is 23.2 Å². The van der Waals surface area contributed by atoms with Crippen molar-refractivity contribution >= 4 is 39.6 Å². The third-order valence-corrected chi connectivity index (χ3v) is 13.4. The summed E-state index contributed by atoms with van der Waals surface area (Å²) in [5, 5.41) is 2.21. The molecule has 0 saturated heterocycles. The zero-order valence-electron chi connectivity index (χ0n) is 30.0. The molecule has 3 heterocycles. The molecule has 0 atom stereocenters. The first-order valence-corrected chi connectivity index (χ1v) is 24.0. The number of aryl methyl sites for hydroxylation is 3. The SMILES string of the molecule is CC(C)(C)c1ccnc(-c2[c-]ccc3c2oc2cc(-c4ccccc4)ccc23)c1.Cc1c[c-]c(-c2cc(C)[c]([Ge]([CH3])([CH3])[CH3])cn2)c(C)c1.[Ir]. The molecule has 0 N–H and O–H groups in total. The first-order chi connectivity index (χ1) is 22.8. The van der Waals surface area contributed by atoms with E-state index in [0.717, 1.165) is 50.0 Å². The summed E-state index contributed by atoms with van der Waals surface area (Å²) in [5.74, 6) is 7.23. The molecule has 0 bridgehead atoms. The molecule has 0 spiro atoms. The van der Waals surface area contributed by atoms with Gasteiger partial charge in [0.1, 0.15) is 5.58 Å². The van der Waals surface area contributed by atoms with E-state index < -0.39 is 13.3 Å². The maximum Gasteiger partial charge on any atom is 0 e. The van der Waals surface area contributed by atoms with Crippen molar-refractivity contribution in [3.63, 3.8) is 0 Å². The monoisotopic (exact) mass is 883 g/mol. The molecule has 7 aromatic rings. The van der Waals surface area contributed by atoms with Gasteiger partial charge in [-0.15, -0.1) is 18.2 Å². The van der Waals surface area contributed by atoms with Crippen LogP contribution < -0.4 is 4.40 Å². The normalized spacial score (nSPS) is 11.6. The second-order valence-corrected chi connectivity index (χ2v) is 25.4. The van der Waals surface area contributed by atoms with Crippen molar-refractivity contribution < 1.29 is 24.5 Å². The van der Waals surface area contributed by atoms with Gasteiger partial charge in [-0.25, -0.2) is 0 Å². The summed E-state index contributed by atoms with van der Waals surface area (Å²) in [6, 6.07) is 38.2. The molecular weight excluding hydrogens is 837 g/mol. The fourth-order valence-electron chi connectivity index (χ4n) is 6.28. The van der Waals surface area contributed by atoms with Crippen LogP contribution in [0, 0.1) is 32.9 Å². The van der Waals surface area contributed by atoms with E-state index in [-0.39, 0.29) is 25.5 Å². The Morgan fingerprint density at radius 3 is 2.10 bits per heavy atom. The standard InChI is InChI=1S/C27H22NO.C17H22GeN.Ir/c1-27(2,3)20-14-15-28-24(17-20)23-11-7-10-22-21-13-12-19(16-25(21)29-26(22)23)18-8-5-4-6-9-18;1-12-7-8-15(13(2)9-12)17-10-14(3)16(11-19-17)18(4,5)6;/h4-10,12-17H,1-3H3;7,9-11H,1-6H3;/q2*-1;. The molecule has 1 radical (unpaired) electrons. The number of hydrogen-bond acceptors (Lipinski definition) is 3. The van der Waals surface area contributed by atoms with Crippen LogP contribution in [0.2, 0.25) is 17.3 Å². The summed E-state index contributed by atoms with van der Waals surface area (Å²) in [7, 11) is 0. The predicted octanol–water partition coefficient (Wildman–Crippen LogP) is 11.4. The van der Waals surface area contributed by atoms with Crippen LogP contribution in [-0.2, 0) is 25.5 Å². The van der Waals surface area contributed by atoms with E-state index in [1.54, 1.807) is 0 Å². The van der Waals surface area contributed by atoms with Crippen LogP contribution in [0.5, 0.6) is 0 Å². The molecule has 251 valence electrons. The molecule has 49 heavy (non-hydrogen) atoms. The Morgan fingerprint density at radius 1 is 0.694 bits per heavy atom. The molecule has 5 heteroatoms. The minimum absolute atomic E-state index is 0. The van der Waals surface area contributed by atoms with Gasteiger partial charge in [0.2, 0.25) is 0 Å². The summed E-state index contributed by atoms with van der Waals surface area (Å²) in [4.78, 5) is 9.30. The molecule has 0 aliphatic carbocycles. The fraction of sp³-hybridized carbons (Fsp3) is 0.227. The second kappa shape index (κ2) is 14.6. The van der Waals surface area contributed by atoms with Gasteiger partial charge in [0, 0.05) is 31.7 Å². The summed E-state index contributed by atoms with van der Waals surface area (Å²) >= 11 is -1.80. The van der Waals surface area contributed by atoms with E-state index in [1.165, 1.54) is 32.2 Å². The van der Waals surface area contributed by atoms with Crippen molar-refractivity contribution in [1.29, 1.82) is 0 Å². The zero-order valence-corrected chi connectivity index (χ0v) is 34.4. The van der Waals surface area contributed by atoms with Gasteiger partial charge in [-0.2, -0.15) is 0 Å². The zero-order chi connectivity index (χ0) is 34.2. The van der Waals surface area contributed by atoms with Gasteiger partial charge in [0.15, 0.2) is 0 Å². The van der Waals surface area contributed by atoms with Crippen LogP contribution in [0.3, 0.4) is 0 Å². The molecule has 0 saturated carbocycles. The van der Waals surface area contributed by atoms with E-state index in [0.29, 0.717) is 0 Å². The van der Waals surface area contributed by atoms with Crippen LogP contribution >= 0.6 is 0 Å². The van der Waals surface area contributed by atoms with Gasteiger partial charge in [0.05, 0.1) is 5.58 Å². The maximum atomic E-state index is 6.35. The van der Waals surface area contributed by atoms with Crippen molar-refractivity contribution in [3.05, 3.63) is 138 Å². The van der Waals surface area contributed by atoms with Gasteiger partial charge in [-0.05, 0) is 39.9 Å². The Hall–Kier alpha value is -3.83. The number of furan rings is 1. The van der Waals surface area contributed by atoms with Gasteiger partial charge >= 0.3 is 119 Å². The van der Waals surface area contributed by atoms with Gasteiger partial charge in [-0.1, -0.05) is 80.3 Å². The number of nitrogens with zero attached hydrogens (tertiary/aromatic N) is 2. The number of aromatic nitrogens is 2. The molecule has 7 rings (SSSR count). The van der Waals surface area contributed by atoms with Crippen LogP contribution in [0.15, 0.2) is 108 Å². The first kappa shape index (κ1) is 36.5. The maximum absolute atomic E-state index is 6.35. The Labute approximate surface area is 307 Å². The second-order valence-electron chi connectivity index (χ2n) is 14.8. The molecule has 4 aromatic carbocycles. The minimum atomic E-state index is -1.80. The third kappa shape index (κ3) is 7.99. The largest absolute Gasteiger partial charge is 0 e. The van der Waals surface area contributed by atoms with Gasteiger partial charge < -0.3 is 9.40 Å². The number of pyridine rings is 2. The third-order valence-electron chi connectivity index (χ3n) is 8.88. The Bertz CT molecular complexity index is 2240.